The minimum atomic E-state index is 0. The first kappa shape index (κ1) is 29.0. The normalized spacial score (nSPS) is 13.3. The third kappa shape index (κ3) is 7.59. The molecule has 1 saturated heterocycles. The van der Waals surface area contributed by atoms with E-state index in [0.29, 0.717) is 0 Å². The van der Waals surface area contributed by atoms with E-state index < -0.39 is 0 Å². The number of piperazine rings is 1. The van der Waals surface area contributed by atoms with Crippen molar-refractivity contribution >= 4 is 88.1 Å². The van der Waals surface area contributed by atoms with E-state index in [1.54, 1.807) is 0 Å². The average Bonchev–Trinajstić information content (AvgIpc) is 2.69. The zero-order valence-corrected chi connectivity index (χ0v) is 21.1. The van der Waals surface area contributed by atoms with Gasteiger partial charge >= 0.3 is 0 Å². The molecule has 0 bridgehead atoms. The predicted octanol–water partition coefficient (Wildman–Crippen LogP) is 5.31. The summed E-state index contributed by atoms with van der Waals surface area (Å²) in [5.74, 6) is 2.02. The van der Waals surface area contributed by atoms with Crippen molar-refractivity contribution in [3.05, 3.63) is 59.2 Å². The average molecular weight is 558 g/mol. The summed E-state index contributed by atoms with van der Waals surface area (Å²) < 4.78 is 1.08. The molecule has 0 atom stereocenters. The molecule has 0 aliphatic carbocycles. The number of anilines is 2. The molecule has 3 aromatic rings. The van der Waals surface area contributed by atoms with Crippen LogP contribution in [0.5, 0.6) is 0 Å². The van der Waals surface area contributed by atoms with Gasteiger partial charge in [-0.2, -0.15) is 0 Å². The summed E-state index contributed by atoms with van der Waals surface area (Å²) in [7, 11) is 0. The van der Waals surface area contributed by atoms with Crippen molar-refractivity contribution in [1.82, 2.24) is 14.9 Å². The van der Waals surface area contributed by atoms with Crippen molar-refractivity contribution in [2.75, 3.05) is 49.5 Å². The van der Waals surface area contributed by atoms with E-state index in [-0.39, 0.29) is 49.6 Å². The molecule has 4 rings (SSSR count). The van der Waals surface area contributed by atoms with Gasteiger partial charge in [-0.15, -0.1) is 49.6 Å². The monoisotopic (exact) mass is 555 g/mol. The Hall–Kier alpha value is -1.02. The number of nitrogens with one attached hydrogen (secondary N) is 1. The summed E-state index contributed by atoms with van der Waals surface area (Å²) >= 11 is 3.50. The third-order valence-corrected chi connectivity index (χ3v) is 5.22. The molecule has 1 fully saturated rings. The minimum absolute atomic E-state index is 0. The van der Waals surface area contributed by atoms with Gasteiger partial charge in [-0.1, -0.05) is 22.0 Å². The second kappa shape index (κ2) is 14.1. The fourth-order valence-corrected chi connectivity index (χ4v) is 3.66. The zero-order valence-electron chi connectivity index (χ0n) is 16.2. The van der Waals surface area contributed by atoms with E-state index in [4.69, 9.17) is 0 Å². The summed E-state index contributed by atoms with van der Waals surface area (Å²) in [4.78, 5) is 14.0. The van der Waals surface area contributed by atoms with Crippen molar-refractivity contribution in [3.63, 3.8) is 0 Å². The highest BCUT2D eigenvalue weighted by atomic mass is 79.9. The summed E-state index contributed by atoms with van der Waals surface area (Å²) in [5, 5.41) is 4.60. The molecule has 2 aromatic heterocycles. The van der Waals surface area contributed by atoms with Crippen molar-refractivity contribution in [3.8, 4) is 0 Å². The third-order valence-electron chi connectivity index (χ3n) is 4.73. The van der Waals surface area contributed by atoms with Crippen LogP contribution in [0.2, 0.25) is 0 Å². The first-order chi connectivity index (χ1) is 12.8. The Kier molecular flexibility index (Phi) is 13.6. The lowest BCUT2D eigenvalue weighted by molar-refractivity contribution is 0.266. The second-order valence-corrected chi connectivity index (χ2v) is 7.39. The molecule has 5 nitrogen and oxygen atoms in total. The highest BCUT2D eigenvalue weighted by Gasteiger charge is 2.17. The highest BCUT2D eigenvalue weighted by Crippen LogP contribution is 2.20. The Labute approximate surface area is 210 Å². The van der Waals surface area contributed by atoms with Crippen LogP contribution < -0.4 is 10.2 Å². The molecule has 0 unspecified atom stereocenters. The Balaban J connectivity index is 0.00000210. The fraction of sp³-hybridized carbons (Fsp3) is 0.300. The van der Waals surface area contributed by atoms with Crippen LogP contribution in [-0.2, 0) is 0 Å². The number of benzene rings is 1. The minimum Gasteiger partial charge on any atom is -0.369 e. The van der Waals surface area contributed by atoms with Crippen molar-refractivity contribution in [2.24, 2.45) is 0 Å². The standard InChI is InChI=1S/C20H22BrN5.4ClH/c21-17-5-6-18-16(15-17)4-7-19(24-18)22-9-10-25-11-13-26(14-12-25)20-3-1-2-8-23-20;;;;/h1-8,15H,9-14H2,(H,22,24);4*1H. The number of pyridine rings is 2. The van der Waals surface area contributed by atoms with E-state index >= 15 is 0 Å². The van der Waals surface area contributed by atoms with Gasteiger partial charge in [0, 0.05) is 55.3 Å². The Morgan fingerprint density at radius 1 is 0.900 bits per heavy atom. The van der Waals surface area contributed by atoms with Gasteiger partial charge < -0.3 is 10.2 Å². The van der Waals surface area contributed by atoms with Crippen LogP contribution in [0.1, 0.15) is 0 Å². The van der Waals surface area contributed by atoms with Gasteiger partial charge in [0.05, 0.1) is 5.52 Å². The van der Waals surface area contributed by atoms with Crippen molar-refractivity contribution < 1.29 is 0 Å². The topological polar surface area (TPSA) is 44.3 Å². The van der Waals surface area contributed by atoms with E-state index in [1.807, 2.05) is 36.5 Å². The molecule has 0 amide bonds. The number of nitrogens with zero attached hydrogens (tertiary/aromatic N) is 4. The number of hydrogen-bond donors (Lipinski definition) is 1. The quantitative estimate of drug-likeness (QED) is 0.460. The highest BCUT2D eigenvalue weighted by molar-refractivity contribution is 9.10. The molecular weight excluding hydrogens is 532 g/mol. The van der Waals surface area contributed by atoms with Gasteiger partial charge in [-0.25, -0.2) is 9.97 Å². The molecule has 3 heterocycles. The molecule has 1 aliphatic heterocycles. The van der Waals surface area contributed by atoms with Gasteiger partial charge in [-0.05, 0) is 42.5 Å². The number of rotatable bonds is 5. The largest absolute Gasteiger partial charge is 0.369 e. The molecular formula is C20H26BrCl4N5. The molecule has 1 aliphatic rings. The first-order valence-corrected chi connectivity index (χ1v) is 9.76. The van der Waals surface area contributed by atoms with Gasteiger partial charge in [0.1, 0.15) is 11.6 Å². The maximum Gasteiger partial charge on any atom is 0.128 e. The van der Waals surface area contributed by atoms with Crippen LogP contribution in [0.25, 0.3) is 10.9 Å². The molecule has 0 radical (unpaired) electrons. The number of fused-ring (bicyclic) bond motifs is 1. The van der Waals surface area contributed by atoms with E-state index in [2.05, 4.69) is 59.2 Å². The van der Waals surface area contributed by atoms with Gasteiger partial charge in [0.25, 0.3) is 0 Å². The van der Waals surface area contributed by atoms with E-state index in [0.717, 1.165) is 66.3 Å². The lowest BCUT2D eigenvalue weighted by Gasteiger charge is -2.35. The number of halogens is 5. The van der Waals surface area contributed by atoms with E-state index in [1.165, 1.54) is 0 Å². The summed E-state index contributed by atoms with van der Waals surface area (Å²) in [6.45, 7) is 6.11. The van der Waals surface area contributed by atoms with Crippen molar-refractivity contribution in [1.29, 1.82) is 0 Å². The lowest BCUT2D eigenvalue weighted by atomic mass is 10.2. The van der Waals surface area contributed by atoms with Gasteiger partial charge in [0.2, 0.25) is 0 Å². The predicted molar refractivity (Wildman–Crippen MR) is 140 cm³/mol. The summed E-state index contributed by atoms with van der Waals surface area (Å²) in [6.07, 6.45) is 1.86. The van der Waals surface area contributed by atoms with Gasteiger partial charge in [0.15, 0.2) is 0 Å². The Morgan fingerprint density at radius 2 is 1.67 bits per heavy atom. The molecule has 0 spiro atoms. The molecule has 10 heteroatoms. The maximum atomic E-state index is 4.68. The van der Waals surface area contributed by atoms with Crippen LogP contribution in [-0.4, -0.2) is 54.1 Å². The van der Waals surface area contributed by atoms with Gasteiger partial charge in [-0.3, -0.25) is 4.90 Å². The molecule has 1 aromatic carbocycles. The number of hydrogen-bond acceptors (Lipinski definition) is 5. The second-order valence-electron chi connectivity index (χ2n) is 6.48. The summed E-state index contributed by atoms with van der Waals surface area (Å²) in [6, 6.07) is 16.4. The molecule has 30 heavy (non-hydrogen) atoms. The molecule has 0 saturated carbocycles. The van der Waals surface area contributed by atoms with Crippen LogP contribution in [0.3, 0.4) is 0 Å². The van der Waals surface area contributed by atoms with Crippen LogP contribution in [0.15, 0.2) is 59.2 Å². The van der Waals surface area contributed by atoms with Crippen LogP contribution in [0, 0.1) is 0 Å². The van der Waals surface area contributed by atoms with E-state index in [9.17, 15) is 0 Å². The zero-order chi connectivity index (χ0) is 17.8. The van der Waals surface area contributed by atoms with Crippen molar-refractivity contribution in [2.45, 2.75) is 0 Å². The fourth-order valence-electron chi connectivity index (χ4n) is 3.28. The SMILES string of the molecule is Brc1ccc2nc(NCCN3CCN(c4ccccn4)CC3)ccc2c1.Cl.Cl.Cl.Cl. The molecule has 166 valence electrons. The Morgan fingerprint density at radius 3 is 2.37 bits per heavy atom. The smallest absolute Gasteiger partial charge is 0.128 e. The van der Waals surface area contributed by atoms with Crippen LogP contribution >= 0.6 is 65.6 Å². The number of aromatic nitrogens is 2. The van der Waals surface area contributed by atoms with Crippen LogP contribution in [0.4, 0.5) is 11.6 Å². The first-order valence-electron chi connectivity index (χ1n) is 8.96. The Bertz CT molecular complexity index is 879. The molecule has 1 N–H and O–H groups in total. The lowest BCUT2D eigenvalue weighted by Crippen LogP contribution is -2.47. The maximum absolute atomic E-state index is 4.68. The summed E-state index contributed by atoms with van der Waals surface area (Å²) in [5.41, 5.74) is 1.02.